The number of carbonyl (C=O) groups is 1. The second-order valence-corrected chi connectivity index (χ2v) is 7.95. The Kier molecular flexibility index (Phi) is 4.98. The van der Waals surface area contributed by atoms with Gasteiger partial charge < -0.3 is 16.0 Å². The summed E-state index contributed by atoms with van der Waals surface area (Å²) < 4.78 is 1.96. The molecule has 1 aromatic heterocycles. The number of thioether (sulfide) groups is 1. The highest BCUT2D eigenvalue weighted by Gasteiger charge is 2.37. The summed E-state index contributed by atoms with van der Waals surface area (Å²) in [5, 5.41) is 7.55. The number of hydrogen-bond acceptors (Lipinski definition) is 5. The second-order valence-electron chi connectivity index (χ2n) is 6.85. The Balaban J connectivity index is 1.73. The fraction of sp³-hybridized carbons (Fsp3) is 0.750. The van der Waals surface area contributed by atoms with Gasteiger partial charge >= 0.3 is 0 Å². The summed E-state index contributed by atoms with van der Waals surface area (Å²) >= 11 is 1.96. The Bertz CT molecular complexity index is 565. The molecule has 3 heterocycles. The number of nitrogens with one attached hydrogen (secondary N) is 1. The fourth-order valence-corrected chi connectivity index (χ4v) is 5.17. The van der Waals surface area contributed by atoms with Gasteiger partial charge in [0, 0.05) is 36.8 Å². The molecule has 0 aromatic carbocycles. The molecule has 1 aromatic rings. The Morgan fingerprint density at radius 2 is 2.43 bits per heavy atom. The monoisotopic (exact) mass is 337 g/mol. The lowest BCUT2D eigenvalue weighted by atomic mass is 9.93. The molecule has 0 radical (unpaired) electrons. The van der Waals surface area contributed by atoms with Gasteiger partial charge in [0.1, 0.15) is 0 Å². The normalized spacial score (nSPS) is 27.2. The van der Waals surface area contributed by atoms with Gasteiger partial charge in [-0.3, -0.25) is 9.48 Å². The van der Waals surface area contributed by atoms with E-state index in [1.807, 2.05) is 16.4 Å². The SMILES string of the molecule is CN(C)C1(CNC(=O)c2cnn3c2C(CN)CCC3)CCSC1. The largest absolute Gasteiger partial charge is 0.350 e. The molecule has 2 unspecified atom stereocenters. The van der Waals surface area contributed by atoms with Gasteiger partial charge in [0.15, 0.2) is 0 Å². The summed E-state index contributed by atoms with van der Waals surface area (Å²) in [6.07, 6.45) is 4.95. The van der Waals surface area contributed by atoms with E-state index in [4.69, 9.17) is 5.73 Å². The summed E-state index contributed by atoms with van der Waals surface area (Å²) in [4.78, 5) is 15.0. The van der Waals surface area contributed by atoms with Gasteiger partial charge in [-0.25, -0.2) is 0 Å². The van der Waals surface area contributed by atoms with Crippen LogP contribution in [0.2, 0.25) is 0 Å². The summed E-state index contributed by atoms with van der Waals surface area (Å²) in [5.74, 6) is 2.46. The quantitative estimate of drug-likeness (QED) is 0.834. The molecule has 2 atom stereocenters. The maximum absolute atomic E-state index is 12.7. The average Bonchev–Trinajstić information content (AvgIpc) is 3.20. The molecule has 0 saturated carbocycles. The highest BCUT2D eigenvalue weighted by atomic mass is 32.2. The molecule has 1 amide bonds. The molecule has 3 N–H and O–H groups in total. The number of hydrogen-bond donors (Lipinski definition) is 2. The number of nitrogens with two attached hydrogens (primary N) is 1. The first-order valence-corrected chi connectivity index (χ1v) is 9.52. The molecule has 2 aliphatic heterocycles. The van der Waals surface area contributed by atoms with E-state index in [0.29, 0.717) is 18.7 Å². The van der Waals surface area contributed by atoms with Crippen molar-refractivity contribution < 1.29 is 4.79 Å². The number of carbonyl (C=O) groups excluding carboxylic acids is 1. The van der Waals surface area contributed by atoms with Crippen molar-refractivity contribution in [2.45, 2.75) is 37.3 Å². The number of aromatic nitrogens is 2. The average molecular weight is 337 g/mol. The van der Waals surface area contributed by atoms with Crippen molar-refractivity contribution in [3.63, 3.8) is 0 Å². The van der Waals surface area contributed by atoms with Crippen molar-refractivity contribution >= 4 is 17.7 Å². The van der Waals surface area contributed by atoms with E-state index in [0.717, 1.165) is 43.0 Å². The van der Waals surface area contributed by atoms with Crippen LogP contribution in [0.4, 0.5) is 0 Å². The van der Waals surface area contributed by atoms with Crippen LogP contribution in [0, 0.1) is 0 Å². The Morgan fingerprint density at radius 1 is 1.61 bits per heavy atom. The third-order valence-corrected chi connectivity index (χ3v) is 6.56. The number of rotatable bonds is 5. The molecule has 23 heavy (non-hydrogen) atoms. The molecule has 128 valence electrons. The predicted molar refractivity (Wildman–Crippen MR) is 93.9 cm³/mol. The Hall–Kier alpha value is -1.05. The van der Waals surface area contributed by atoms with Crippen LogP contribution in [0.3, 0.4) is 0 Å². The zero-order valence-corrected chi connectivity index (χ0v) is 14.9. The maximum atomic E-state index is 12.7. The van der Waals surface area contributed by atoms with Gasteiger partial charge in [0.05, 0.1) is 17.5 Å². The number of aryl methyl sites for hydroxylation is 1. The molecule has 0 spiro atoms. The molecular formula is C16H27N5OS. The molecule has 6 nitrogen and oxygen atoms in total. The first-order valence-electron chi connectivity index (χ1n) is 8.36. The predicted octanol–water partition coefficient (Wildman–Crippen LogP) is 0.886. The van der Waals surface area contributed by atoms with Gasteiger partial charge in [-0.15, -0.1) is 0 Å². The highest BCUT2D eigenvalue weighted by molar-refractivity contribution is 7.99. The topological polar surface area (TPSA) is 76.2 Å². The van der Waals surface area contributed by atoms with Crippen LogP contribution in [0.25, 0.3) is 0 Å². The number of nitrogens with zero attached hydrogens (tertiary/aromatic N) is 3. The highest BCUT2D eigenvalue weighted by Crippen LogP contribution is 2.32. The van der Waals surface area contributed by atoms with E-state index in [-0.39, 0.29) is 17.4 Å². The summed E-state index contributed by atoms with van der Waals surface area (Å²) in [6, 6.07) is 0. The van der Waals surface area contributed by atoms with Crippen LogP contribution in [0.1, 0.15) is 41.2 Å². The first-order chi connectivity index (χ1) is 11.1. The summed E-state index contributed by atoms with van der Waals surface area (Å²) in [6.45, 7) is 2.14. The molecule has 0 bridgehead atoms. The fourth-order valence-electron chi connectivity index (χ4n) is 3.62. The standard InChI is InChI=1S/C16H27N5OS/c1-20(2)16(5-7-23-11-16)10-18-15(22)13-9-19-21-6-3-4-12(8-17)14(13)21/h9,12H,3-8,10-11,17H2,1-2H3,(H,18,22). The van der Waals surface area contributed by atoms with E-state index >= 15 is 0 Å². The van der Waals surface area contributed by atoms with Crippen molar-refractivity contribution in [1.29, 1.82) is 0 Å². The first kappa shape index (κ1) is 16.8. The number of amides is 1. The van der Waals surface area contributed by atoms with E-state index in [1.54, 1.807) is 6.20 Å². The Labute approximate surface area is 142 Å². The van der Waals surface area contributed by atoms with E-state index < -0.39 is 0 Å². The van der Waals surface area contributed by atoms with Crippen molar-refractivity contribution in [3.8, 4) is 0 Å². The van der Waals surface area contributed by atoms with Crippen LogP contribution in [-0.4, -0.2) is 64.8 Å². The molecule has 1 saturated heterocycles. The number of likely N-dealkylation sites (N-methyl/N-ethyl adjacent to an activating group) is 1. The number of fused-ring (bicyclic) bond motifs is 1. The van der Waals surface area contributed by atoms with Crippen LogP contribution < -0.4 is 11.1 Å². The second kappa shape index (κ2) is 6.83. The van der Waals surface area contributed by atoms with Crippen molar-refractivity contribution in [3.05, 3.63) is 17.5 Å². The maximum Gasteiger partial charge on any atom is 0.254 e. The van der Waals surface area contributed by atoms with Gasteiger partial charge in [-0.2, -0.15) is 16.9 Å². The summed E-state index contributed by atoms with van der Waals surface area (Å²) in [5.41, 5.74) is 7.70. The third-order valence-electron chi connectivity index (χ3n) is 5.33. The molecule has 1 fully saturated rings. The molecule has 7 heteroatoms. The van der Waals surface area contributed by atoms with Crippen molar-refractivity contribution in [2.24, 2.45) is 5.73 Å². The third kappa shape index (κ3) is 3.14. The van der Waals surface area contributed by atoms with Gasteiger partial charge in [-0.1, -0.05) is 0 Å². The van der Waals surface area contributed by atoms with Crippen LogP contribution in [0.5, 0.6) is 0 Å². The van der Waals surface area contributed by atoms with E-state index in [1.165, 1.54) is 0 Å². The minimum Gasteiger partial charge on any atom is -0.350 e. The zero-order chi connectivity index (χ0) is 16.4. The lowest BCUT2D eigenvalue weighted by molar-refractivity contribution is 0.0912. The minimum absolute atomic E-state index is 0.00951. The minimum atomic E-state index is -0.00951. The van der Waals surface area contributed by atoms with Crippen LogP contribution >= 0.6 is 11.8 Å². The van der Waals surface area contributed by atoms with Crippen molar-refractivity contribution in [1.82, 2.24) is 20.0 Å². The lowest BCUT2D eigenvalue weighted by Gasteiger charge is -2.35. The zero-order valence-electron chi connectivity index (χ0n) is 14.0. The van der Waals surface area contributed by atoms with Crippen molar-refractivity contribution in [2.75, 3.05) is 38.7 Å². The lowest BCUT2D eigenvalue weighted by Crippen LogP contribution is -2.53. The molecule has 0 aliphatic carbocycles. The smallest absolute Gasteiger partial charge is 0.254 e. The van der Waals surface area contributed by atoms with Gasteiger partial charge in [0.2, 0.25) is 0 Å². The Morgan fingerprint density at radius 3 is 3.09 bits per heavy atom. The molecule has 2 aliphatic rings. The van der Waals surface area contributed by atoms with Gasteiger partial charge in [0.25, 0.3) is 5.91 Å². The molecular weight excluding hydrogens is 310 g/mol. The molecule has 3 rings (SSSR count). The van der Waals surface area contributed by atoms with E-state index in [9.17, 15) is 4.79 Å². The van der Waals surface area contributed by atoms with E-state index in [2.05, 4.69) is 29.4 Å². The van der Waals surface area contributed by atoms with Crippen LogP contribution in [-0.2, 0) is 6.54 Å². The summed E-state index contributed by atoms with van der Waals surface area (Å²) in [7, 11) is 4.20. The van der Waals surface area contributed by atoms with Crippen LogP contribution in [0.15, 0.2) is 6.20 Å². The van der Waals surface area contributed by atoms with Gasteiger partial charge in [-0.05, 0) is 39.1 Å².